The maximum absolute atomic E-state index is 13.8. The van der Waals surface area contributed by atoms with Crippen LogP contribution in [0.1, 0.15) is 11.1 Å². The highest BCUT2D eigenvalue weighted by Crippen LogP contribution is 2.18. The van der Waals surface area contributed by atoms with E-state index in [2.05, 4.69) is 4.98 Å². The Kier molecular flexibility index (Phi) is 3.43. The molecule has 0 aliphatic heterocycles. The van der Waals surface area contributed by atoms with Gasteiger partial charge in [0.2, 0.25) is 0 Å². The summed E-state index contributed by atoms with van der Waals surface area (Å²) in [5.41, 5.74) is 0.601. The van der Waals surface area contributed by atoms with E-state index in [1.165, 1.54) is 18.3 Å². The molecule has 0 atom stereocenters. The van der Waals surface area contributed by atoms with Crippen LogP contribution in [0.4, 0.5) is 4.39 Å². The van der Waals surface area contributed by atoms with Crippen LogP contribution in [0.3, 0.4) is 0 Å². The second kappa shape index (κ2) is 4.86. The Bertz CT molecular complexity index is 654. The second-order valence-electron chi connectivity index (χ2n) is 3.98. The van der Waals surface area contributed by atoms with Gasteiger partial charge < -0.3 is 0 Å². The van der Waals surface area contributed by atoms with Crippen LogP contribution in [-0.4, -0.2) is 13.4 Å². The van der Waals surface area contributed by atoms with Crippen molar-refractivity contribution in [3.05, 3.63) is 59.5 Å². The zero-order valence-electron chi connectivity index (χ0n) is 9.80. The molecule has 0 saturated carbocycles. The molecular formula is C13H12FNO2S. The quantitative estimate of drug-likeness (QED) is 0.856. The summed E-state index contributed by atoms with van der Waals surface area (Å²) in [7, 11) is -3.60. The summed E-state index contributed by atoms with van der Waals surface area (Å²) in [5.74, 6) is -0.852. The molecule has 0 saturated heterocycles. The second-order valence-corrected chi connectivity index (χ2v) is 5.91. The summed E-state index contributed by atoms with van der Waals surface area (Å²) in [5, 5.41) is -0.0362. The van der Waals surface area contributed by atoms with Crippen LogP contribution in [0.15, 0.2) is 47.6 Å². The Morgan fingerprint density at radius 2 is 1.94 bits per heavy atom. The minimum atomic E-state index is -3.60. The highest BCUT2D eigenvalue weighted by atomic mass is 32.2. The van der Waals surface area contributed by atoms with Gasteiger partial charge in [-0.2, -0.15) is 0 Å². The predicted octanol–water partition coefficient (Wildman–Crippen LogP) is 2.50. The number of nitrogens with zero attached hydrogens (tertiary/aromatic N) is 1. The predicted molar refractivity (Wildman–Crippen MR) is 66.3 cm³/mol. The average Bonchev–Trinajstić information content (AvgIpc) is 2.36. The van der Waals surface area contributed by atoms with E-state index in [9.17, 15) is 12.8 Å². The van der Waals surface area contributed by atoms with Crippen LogP contribution >= 0.6 is 0 Å². The van der Waals surface area contributed by atoms with Crippen molar-refractivity contribution in [2.45, 2.75) is 17.7 Å². The Balaban J connectivity index is 2.37. The summed E-state index contributed by atoms with van der Waals surface area (Å²) in [4.78, 5) is 3.79. The molecule has 2 aromatic rings. The van der Waals surface area contributed by atoms with Crippen molar-refractivity contribution in [1.82, 2.24) is 4.98 Å². The minimum Gasteiger partial charge on any atom is -0.245 e. The molecule has 3 nitrogen and oxygen atoms in total. The van der Waals surface area contributed by atoms with Gasteiger partial charge in [0.15, 0.2) is 14.9 Å². The van der Waals surface area contributed by atoms with Gasteiger partial charge in [-0.15, -0.1) is 0 Å². The van der Waals surface area contributed by atoms with Crippen LogP contribution in [0, 0.1) is 12.7 Å². The summed E-state index contributed by atoms with van der Waals surface area (Å²) in [6.07, 6.45) is 1.40. The zero-order valence-corrected chi connectivity index (χ0v) is 10.6. The Morgan fingerprint density at radius 1 is 1.17 bits per heavy atom. The number of aromatic nitrogens is 1. The van der Waals surface area contributed by atoms with Gasteiger partial charge in [0, 0.05) is 11.8 Å². The maximum atomic E-state index is 13.8. The van der Waals surface area contributed by atoms with Gasteiger partial charge in [-0.05, 0) is 24.6 Å². The summed E-state index contributed by atoms with van der Waals surface area (Å²) in [6.45, 7) is 1.60. The van der Waals surface area contributed by atoms with Crippen LogP contribution in [0.2, 0.25) is 0 Å². The number of benzene rings is 1. The molecule has 1 aromatic carbocycles. The van der Waals surface area contributed by atoms with Gasteiger partial charge in [-0.25, -0.2) is 17.8 Å². The van der Waals surface area contributed by atoms with E-state index in [1.54, 1.807) is 31.2 Å². The summed E-state index contributed by atoms with van der Waals surface area (Å²) >= 11 is 0. The van der Waals surface area contributed by atoms with Gasteiger partial charge in [-0.1, -0.05) is 24.3 Å². The standard InChI is InChI=1S/C13H12FNO2S/c1-10-5-4-6-11(13(10)14)9-18(16,17)12-7-2-3-8-15-12/h2-8H,9H2,1H3. The number of sulfone groups is 1. The molecule has 5 heteroatoms. The smallest absolute Gasteiger partial charge is 0.199 e. The van der Waals surface area contributed by atoms with Gasteiger partial charge in [0.05, 0.1) is 5.75 Å². The first kappa shape index (κ1) is 12.7. The number of halogens is 1. The van der Waals surface area contributed by atoms with Crippen LogP contribution in [-0.2, 0) is 15.6 Å². The SMILES string of the molecule is Cc1cccc(CS(=O)(=O)c2ccccn2)c1F. The highest BCUT2D eigenvalue weighted by molar-refractivity contribution is 7.90. The largest absolute Gasteiger partial charge is 0.245 e. The third-order valence-corrected chi connectivity index (χ3v) is 4.14. The van der Waals surface area contributed by atoms with E-state index in [-0.39, 0.29) is 16.3 Å². The highest BCUT2D eigenvalue weighted by Gasteiger charge is 2.19. The third kappa shape index (κ3) is 2.56. The molecule has 2 rings (SSSR count). The fourth-order valence-electron chi connectivity index (χ4n) is 1.63. The van der Waals surface area contributed by atoms with Crippen LogP contribution in [0.5, 0.6) is 0 Å². The molecule has 1 aromatic heterocycles. The lowest BCUT2D eigenvalue weighted by Gasteiger charge is -2.06. The first-order valence-electron chi connectivity index (χ1n) is 5.38. The van der Waals surface area contributed by atoms with Gasteiger partial charge in [0.1, 0.15) is 5.82 Å². The van der Waals surface area contributed by atoms with Crippen LogP contribution in [0.25, 0.3) is 0 Å². The molecule has 0 radical (unpaired) electrons. The summed E-state index contributed by atoms with van der Waals surface area (Å²) in [6, 6.07) is 9.35. The molecule has 0 fully saturated rings. The van der Waals surface area contributed by atoms with Crippen molar-refractivity contribution < 1.29 is 12.8 Å². The van der Waals surface area contributed by atoms with E-state index in [4.69, 9.17) is 0 Å². The number of hydrogen-bond donors (Lipinski definition) is 0. The zero-order chi connectivity index (χ0) is 13.2. The number of hydrogen-bond acceptors (Lipinski definition) is 3. The lowest BCUT2D eigenvalue weighted by atomic mass is 10.1. The van der Waals surface area contributed by atoms with Gasteiger partial charge in [-0.3, -0.25) is 0 Å². The fraction of sp³-hybridized carbons (Fsp3) is 0.154. The minimum absolute atomic E-state index is 0.0362. The molecule has 94 valence electrons. The lowest BCUT2D eigenvalue weighted by molar-refractivity contribution is 0.582. The maximum Gasteiger partial charge on any atom is 0.199 e. The van der Waals surface area contributed by atoms with Crippen LogP contribution < -0.4 is 0 Å². The van der Waals surface area contributed by atoms with Crippen molar-refractivity contribution in [3.63, 3.8) is 0 Å². The molecule has 0 N–H and O–H groups in total. The van der Waals surface area contributed by atoms with Crippen molar-refractivity contribution in [2.75, 3.05) is 0 Å². The Hall–Kier alpha value is -1.75. The van der Waals surface area contributed by atoms with Gasteiger partial charge >= 0.3 is 0 Å². The molecule has 0 aliphatic carbocycles. The number of pyridine rings is 1. The topological polar surface area (TPSA) is 47.0 Å². The normalized spacial score (nSPS) is 11.4. The molecule has 0 spiro atoms. The van der Waals surface area contributed by atoms with Crippen molar-refractivity contribution in [1.29, 1.82) is 0 Å². The monoisotopic (exact) mass is 265 g/mol. The van der Waals surface area contributed by atoms with E-state index in [1.807, 2.05) is 0 Å². The molecular weight excluding hydrogens is 253 g/mol. The molecule has 18 heavy (non-hydrogen) atoms. The lowest BCUT2D eigenvalue weighted by Crippen LogP contribution is -2.08. The van der Waals surface area contributed by atoms with Crippen molar-refractivity contribution >= 4 is 9.84 Å². The summed E-state index contributed by atoms with van der Waals surface area (Å²) < 4.78 is 37.8. The average molecular weight is 265 g/mol. The molecule has 1 heterocycles. The molecule has 0 unspecified atom stereocenters. The van der Waals surface area contributed by atoms with Crippen molar-refractivity contribution in [3.8, 4) is 0 Å². The number of rotatable bonds is 3. The number of aryl methyl sites for hydroxylation is 1. The molecule has 0 aliphatic rings. The van der Waals surface area contributed by atoms with Gasteiger partial charge in [0.25, 0.3) is 0 Å². The van der Waals surface area contributed by atoms with E-state index in [0.29, 0.717) is 5.56 Å². The Labute approximate surface area is 105 Å². The first-order chi connectivity index (χ1) is 8.50. The fourth-order valence-corrected chi connectivity index (χ4v) is 2.92. The van der Waals surface area contributed by atoms with E-state index < -0.39 is 15.7 Å². The van der Waals surface area contributed by atoms with E-state index in [0.717, 1.165) is 0 Å². The first-order valence-corrected chi connectivity index (χ1v) is 7.04. The molecule has 0 amide bonds. The Morgan fingerprint density at radius 3 is 2.61 bits per heavy atom. The van der Waals surface area contributed by atoms with Crippen molar-refractivity contribution in [2.24, 2.45) is 0 Å². The molecule has 0 bridgehead atoms. The third-order valence-electron chi connectivity index (χ3n) is 2.57. The van der Waals surface area contributed by atoms with E-state index >= 15 is 0 Å².